The van der Waals surface area contributed by atoms with Gasteiger partial charge in [-0.15, -0.1) is 0 Å². The molecule has 90 heavy (non-hydrogen) atoms. The third-order valence-corrected chi connectivity index (χ3v) is 17.0. The lowest BCUT2D eigenvalue weighted by Crippen LogP contribution is -2.68. The second-order valence-electron chi connectivity index (χ2n) is 27.6. The summed E-state index contributed by atoms with van der Waals surface area (Å²) >= 11 is 0. The summed E-state index contributed by atoms with van der Waals surface area (Å²) in [5.74, 6) is -5.49. The lowest BCUT2D eigenvalue weighted by atomic mass is 9.90. The normalized spacial score (nSPS) is 20.4. The Balaban J connectivity index is 2.58. The molecule has 512 valence electrons. The number of carbonyl (C=O) groups is 10. The highest BCUT2D eigenvalue weighted by molar-refractivity contribution is 5.96. The Morgan fingerprint density at radius 2 is 1.41 bits per heavy atom. The van der Waals surface area contributed by atoms with Crippen LogP contribution >= 0.6 is 0 Å². The monoisotopic (exact) mass is 1270 g/mol. The molecule has 1 aliphatic heterocycles. The van der Waals surface area contributed by atoms with E-state index in [0.29, 0.717) is 57.4 Å². The first-order valence-corrected chi connectivity index (χ1v) is 32.3. The molecule has 1 saturated heterocycles. The van der Waals surface area contributed by atoms with Crippen molar-refractivity contribution in [1.29, 1.82) is 0 Å². The zero-order chi connectivity index (χ0) is 69.1. The fourth-order valence-corrected chi connectivity index (χ4v) is 11.7. The van der Waals surface area contributed by atoms with Gasteiger partial charge in [-0.3, -0.25) is 63.6 Å². The van der Waals surface area contributed by atoms with E-state index in [1.54, 1.807) is 27.8 Å². The number of nitrogens with two attached hydrogens (primary N) is 1. The number of aldehydes is 3. The van der Waals surface area contributed by atoms with Crippen LogP contribution in [0.1, 0.15) is 173 Å². The second kappa shape index (κ2) is 35.9. The maximum Gasteiger partial charge on any atom is 0.253 e. The van der Waals surface area contributed by atoms with Crippen molar-refractivity contribution < 1.29 is 62.5 Å². The van der Waals surface area contributed by atoms with E-state index in [9.17, 15) is 48.3 Å². The van der Waals surface area contributed by atoms with Crippen molar-refractivity contribution in [3.63, 3.8) is 0 Å². The molecule has 13 unspecified atom stereocenters. The van der Waals surface area contributed by atoms with Gasteiger partial charge in [0.05, 0.1) is 37.1 Å². The zero-order valence-corrected chi connectivity index (χ0v) is 58.5. The number of aryl methyl sites for hydroxylation is 2. The van der Waals surface area contributed by atoms with Crippen LogP contribution in [0.4, 0.5) is 0 Å². The Hall–Kier alpha value is -5.79. The van der Waals surface area contributed by atoms with Gasteiger partial charge in [0.1, 0.15) is 29.9 Å². The molecule has 0 aromatic carbocycles. The fourth-order valence-electron chi connectivity index (χ4n) is 11.7. The molecule has 1 aromatic rings. The van der Waals surface area contributed by atoms with Crippen LogP contribution < -0.4 is 21.7 Å². The predicted octanol–water partition coefficient (Wildman–Crippen LogP) is 4.44. The first-order valence-electron chi connectivity index (χ1n) is 32.3. The molecule has 1 aliphatic rings. The van der Waals surface area contributed by atoms with Crippen molar-refractivity contribution in [1.82, 2.24) is 50.3 Å². The van der Waals surface area contributed by atoms with E-state index in [2.05, 4.69) is 20.9 Å². The molecule has 0 saturated carbocycles. The van der Waals surface area contributed by atoms with Gasteiger partial charge in [0.2, 0.25) is 35.4 Å². The van der Waals surface area contributed by atoms with Gasteiger partial charge >= 0.3 is 0 Å². The van der Waals surface area contributed by atoms with E-state index in [-0.39, 0.29) is 61.2 Å². The van der Waals surface area contributed by atoms with Crippen molar-refractivity contribution >= 4 is 60.2 Å². The third kappa shape index (κ3) is 22.2. The Morgan fingerprint density at radius 1 is 0.800 bits per heavy atom. The van der Waals surface area contributed by atoms with Gasteiger partial charge in [-0.1, -0.05) is 95.6 Å². The van der Waals surface area contributed by atoms with Crippen LogP contribution in [0, 0.1) is 42.4 Å². The van der Waals surface area contributed by atoms with Crippen LogP contribution in [0.2, 0.25) is 0 Å². The van der Waals surface area contributed by atoms with Crippen LogP contribution in [0.5, 0.6) is 0 Å². The Morgan fingerprint density at radius 3 is 1.91 bits per heavy atom. The molecule has 0 radical (unpaired) electrons. The molecule has 2 heterocycles. The molecular weight excluding hydrogens is 1150 g/mol. The lowest BCUT2D eigenvalue weighted by molar-refractivity contribution is -0.176. The van der Waals surface area contributed by atoms with Crippen LogP contribution in [0.25, 0.3) is 0 Å². The number of nitrogens with one attached hydrogen (secondary N) is 3. The summed E-state index contributed by atoms with van der Waals surface area (Å²) in [4.78, 5) is 153. The lowest BCUT2D eigenvalue weighted by Gasteiger charge is -2.44. The summed E-state index contributed by atoms with van der Waals surface area (Å²) in [6.07, 6.45) is -0.183. The number of aliphatic hydroxyl groups excluding tert-OH is 1. The van der Waals surface area contributed by atoms with Crippen molar-refractivity contribution in [2.75, 3.05) is 48.8 Å². The van der Waals surface area contributed by atoms with E-state index >= 15 is 4.79 Å². The van der Waals surface area contributed by atoms with Gasteiger partial charge in [-0.25, -0.2) is 0 Å². The average Bonchev–Trinajstić information content (AvgIpc) is 1.54. The number of aromatic nitrogens is 1. The number of aliphatic hydroxyl groups is 1. The number of rotatable bonds is 38. The quantitative estimate of drug-likeness (QED) is 0.0451. The predicted molar refractivity (Wildman–Crippen MR) is 345 cm³/mol. The Kier molecular flexibility index (Phi) is 32.0. The van der Waals surface area contributed by atoms with Gasteiger partial charge in [0.25, 0.3) is 5.91 Å². The third-order valence-electron chi connectivity index (χ3n) is 17.0. The maximum absolute atomic E-state index is 15.1. The van der Waals surface area contributed by atoms with Gasteiger partial charge in [-0.05, 0) is 127 Å². The Bertz CT molecular complexity index is 2550. The van der Waals surface area contributed by atoms with Gasteiger partial charge in [-0.2, -0.15) is 0 Å². The second-order valence-corrected chi connectivity index (χ2v) is 27.6. The number of carbonyl (C=O) groups excluding carboxylic acids is 10. The van der Waals surface area contributed by atoms with Gasteiger partial charge < -0.3 is 55.0 Å². The Labute approximate surface area is 537 Å². The summed E-state index contributed by atoms with van der Waals surface area (Å²) < 4.78 is 13.0. The summed E-state index contributed by atoms with van der Waals surface area (Å²) in [6.45, 7) is 28.1. The fraction of sp³-hybridized carbons (Fsp3) is 0.773. The molecule has 7 amide bonds. The molecule has 2 rings (SSSR count). The first kappa shape index (κ1) is 80.3. The minimum absolute atomic E-state index is 0.00589. The van der Waals surface area contributed by atoms with Crippen molar-refractivity contribution in [3.8, 4) is 0 Å². The van der Waals surface area contributed by atoms with Crippen molar-refractivity contribution in [2.45, 2.75) is 247 Å². The molecule has 0 aliphatic carbocycles. The molecule has 6 N–H and O–H groups in total. The van der Waals surface area contributed by atoms with Crippen LogP contribution in [-0.4, -0.2) is 220 Å². The molecule has 24 heteroatoms. The maximum atomic E-state index is 15.1. The van der Waals surface area contributed by atoms with Crippen molar-refractivity contribution in [2.24, 2.45) is 41.2 Å². The standard InChI is InChI=1S/C66H115N11O13/c1-23-26-51(71-64(16,37-78)90-57(44(10)11)63(88)77(22)65(67,38-79)34-42(6)7)73(18)60(85)50(33-41(4)5)70-66(39-80,35-43(8)9)76(21)53(83)36-72(17)61(86)54(47(14)81)69-59(84)56-58(45(12)27-24-29-49-30-25-28-46(13)68-49)89-48(15)55(62(87)75(56)20)74(19)52(82)32-31-40(2)3/h25,28,30,37-45,47-48,50-51,54-58,70-71,81H,23-24,26-27,29,31-36,67H2,1-22H3,(H,69,84). The molecule has 0 bridgehead atoms. The largest absolute Gasteiger partial charge is 0.391 e. The number of hydrogen-bond donors (Lipinski definition) is 5. The summed E-state index contributed by atoms with van der Waals surface area (Å²) in [7, 11) is 8.63. The number of hydrogen-bond acceptors (Lipinski definition) is 17. The van der Waals surface area contributed by atoms with E-state index in [0.717, 1.165) is 26.1 Å². The van der Waals surface area contributed by atoms with Gasteiger partial charge in [0, 0.05) is 60.1 Å². The molecule has 0 spiro atoms. The highest BCUT2D eigenvalue weighted by Crippen LogP contribution is 2.31. The highest BCUT2D eigenvalue weighted by atomic mass is 16.5. The van der Waals surface area contributed by atoms with Gasteiger partial charge in [0.15, 0.2) is 30.2 Å². The molecule has 13 atom stereocenters. The summed E-state index contributed by atoms with van der Waals surface area (Å²) in [5, 5.41) is 20.4. The minimum Gasteiger partial charge on any atom is -0.391 e. The topological polar surface area (TPSA) is 304 Å². The van der Waals surface area contributed by atoms with E-state index in [1.165, 1.54) is 63.8 Å². The zero-order valence-electron chi connectivity index (χ0n) is 58.5. The molecule has 1 fully saturated rings. The van der Waals surface area contributed by atoms with Crippen LogP contribution in [-0.2, 0) is 63.8 Å². The minimum atomic E-state index is -1.87. The first-order chi connectivity index (χ1) is 41.7. The number of nitrogens with zero attached hydrogens (tertiary/aromatic N) is 7. The van der Waals surface area contributed by atoms with E-state index in [1.807, 2.05) is 94.4 Å². The highest BCUT2D eigenvalue weighted by Gasteiger charge is 2.50. The summed E-state index contributed by atoms with van der Waals surface area (Å²) in [6, 6.07) is 0.544. The number of likely N-dealkylation sites (N-methyl/N-ethyl adjacent to an activating group) is 6. The number of amides is 7. The van der Waals surface area contributed by atoms with Crippen molar-refractivity contribution in [3.05, 3.63) is 29.6 Å². The summed E-state index contributed by atoms with van der Waals surface area (Å²) in [5.41, 5.74) is 2.84. The van der Waals surface area contributed by atoms with E-state index in [4.69, 9.17) is 15.2 Å². The molecular formula is C66H115N11O13. The van der Waals surface area contributed by atoms with Crippen LogP contribution in [0.3, 0.4) is 0 Å². The SMILES string of the molecule is CCCC(NC(C)(C=O)OC(C(=O)N(C)C(N)(C=O)CC(C)C)C(C)C)N(C)C(=O)C(CC(C)C)NC(C=O)(CC(C)C)N(C)C(=O)CN(C)C(=O)C(NC(=O)C1C(C(C)CCCc2cccc(C)n2)OC(C)C(N(C)C(=O)CCC(C)C)C(=O)N1C)C(C)O. The number of ether oxygens (including phenoxy) is 2. The molecule has 24 nitrogen and oxygen atoms in total. The smallest absolute Gasteiger partial charge is 0.253 e. The average molecular weight is 1270 g/mol. The number of pyridine rings is 1. The molecule has 1 aromatic heterocycles. The van der Waals surface area contributed by atoms with Crippen LogP contribution in [0.15, 0.2) is 18.2 Å². The van der Waals surface area contributed by atoms with E-state index < -0.39 is 120 Å².